The molecule has 21 heavy (non-hydrogen) atoms. The highest BCUT2D eigenvalue weighted by Crippen LogP contribution is 2.33. The number of sulfone groups is 1. The molecule has 108 valence electrons. The van der Waals surface area contributed by atoms with Crippen LogP contribution >= 0.6 is 11.6 Å². The standard InChI is InChI=1S/C13H8ClNO5S/c14-13(16)10-7-4-8-11(15(17)18)12(10)21(19,20)9-5-2-1-3-6-9/h1-8H. The third kappa shape index (κ3) is 2.79. The van der Waals surface area contributed by atoms with Crippen molar-refractivity contribution in [3.63, 3.8) is 0 Å². The zero-order chi connectivity index (χ0) is 15.6. The van der Waals surface area contributed by atoms with E-state index in [1.54, 1.807) is 6.07 Å². The van der Waals surface area contributed by atoms with Crippen LogP contribution in [0.2, 0.25) is 0 Å². The number of carbonyl (C=O) groups excluding carboxylic acids is 1. The van der Waals surface area contributed by atoms with Gasteiger partial charge in [-0.05, 0) is 29.8 Å². The second-order valence-electron chi connectivity index (χ2n) is 4.00. The van der Waals surface area contributed by atoms with Crippen LogP contribution in [0, 0.1) is 10.1 Å². The van der Waals surface area contributed by atoms with Gasteiger partial charge in [0, 0.05) is 6.07 Å². The third-order valence-electron chi connectivity index (χ3n) is 2.72. The van der Waals surface area contributed by atoms with Crippen LogP contribution in [-0.2, 0) is 9.84 Å². The van der Waals surface area contributed by atoms with Gasteiger partial charge in [-0.1, -0.05) is 24.3 Å². The Morgan fingerprint density at radius 3 is 2.19 bits per heavy atom. The highest BCUT2D eigenvalue weighted by molar-refractivity contribution is 7.91. The number of halogens is 1. The van der Waals surface area contributed by atoms with Gasteiger partial charge >= 0.3 is 0 Å². The van der Waals surface area contributed by atoms with Gasteiger partial charge in [-0.15, -0.1) is 0 Å². The summed E-state index contributed by atoms with van der Waals surface area (Å²) < 4.78 is 25.1. The predicted molar refractivity (Wildman–Crippen MR) is 75.2 cm³/mol. The van der Waals surface area contributed by atoms with Crippen LogP contribution in [-0.4, -0.2) is 18.6 Å². The Hall–Kier alpha value is -2.25. The van der Waals surface area contributed by atoms with Crippen molar-refractivity contribution in [1.82, 2.24) is 0 Å². The van der Waals surface area contributed by atoms with Crippen LogP contribution in [0.25, 0.3) is 0 Å². The molecule has 0 N–H and O–H groups in total. The molecular weight excluding hydrogens is 318 g/mol. The van der Waals surface area contributed by atoms with E-state index in [9.17, 15) is 23.3 Å². The maximum absolute atomic E-state index is 12.6. The lowest BCUT2D eigenvalue weighted by Gasteiger charge is -2.08. The summed E-state index contributed by atoms with van der Waals surface area (Å²) in [5, 5.41) is 9.99. The van der Waals surface area contributed by atoms with E-state index < -0.39 is 36.1 Å². The number of rotatable bonds is 4. The van der Waals surface area contributed by atoms with E-state index >= 15 is 0 Å². The Labute approximate surface area is 125 Å². The molecule has 2 aromatic rings. The number of carbonyl (C=O) groups is 1. The lowest BCUT2D eigenvalue weighted by Crippen LogP contribution is -2.10. The maximum Gasteiger partial charge on any atom is 0.289 e. The molecule has 8 heteroatoms. The molecule has 0 heterocycles. The molecule has 2 aromatic carbocycles. The summed E-state index contributed by atoms with van der Waals surface area (Å²) in [4.78, 5) is 20.7. The van der Waals surface area contributed by atoms with Gasteiger partial charge in [0.15, 0.2) is 4.90 Å². The van der Waals surface area contributed by atoms with Crippen LogP contribution in [0.15, 0.2) is 58.3 Å². The molecule has 0 aromatic heterocycles. The van der Waals surface area contributed by atoms with Crippen molar-refractivity contribution in [2.24, 2.45) is 0 Å². The van der Waals surface area contributed by atoms with E-state index in [1.165, 1.54) is 30.3 Å². The highest BCUT2D eigenvalue weighted by atomic mass is 35.5. The topological polar surface area (TPSA) is 94.3 Å². The first-order valence-corrected chi connectivity index (χ1v) is 7.49. The molecule has 2 rings (SSSR count). The normalized spacial score (nSPS) is 11.1. The molecule has 0 unspecified atom stereocenters. The second kappa shape index (κ2) is 5.63. The van der Waals surface area contributed by atoms with Gasteiger partial charge in [-0.2, -0.15) is 0 Å². The van der Waals surface area contributed by atoms with E-state index in [1.807, 2.05) is 0 Å². The quantitative estimate of drug-likeness (QED) is 0.489. The number of nitrogens with zero attached hydrogens (tertiary/aromatic N) is 1. The summed E-state index contributed by atoms with van der Waals surface area (Å²) in [5.74, 6) is 0. The van der Waals surface area contributed by atoms with Crippen LogP contribution in [0.5, 0.6) is 0 Å². The van der Waals surface area contributed by atoms with Gasteiger partial charge in [-0.3, -0.25) is 14.9 Å². The van der Waals surface area contributed by atoms with Crippen LogP contribution in [0.1, 0.15) is 10.4 Å². The van der Waals surface area contributed by atoms with E-state index in [-0.39, 0.29) is 4.90 Å². The van der Waals surface area contributed by atoms with Gasteiger partial charge < -0.3 is 0 Å². The van der Waals surface area contributed by atoms with Gasteiger partial charge in [0.1, 0.15) is 0 Å². The summed E-state index contributed by atoms with van der Waals surface area (Å²) >= 11 is 5.35. The van der Waals surface area contributed by atoms with Crippen molar-refractivity contribution >= 4 is 32.4 Å². The Bertz CT molecular complexity index is 785. The number of hydrogen-bond donors (Lipinski definition) is 0. The summed E-state index contributed by atoms with van der Waals surface area (Å²) in [5.41, 5.74) is -1.11. The molecule has 0 aliphatic heterocycles. The molecule has 0 aliphatic rings. The summed E-state index contributed by atoms with van der Waals surface area (Å²) in [7, 11) is -4.24. The average molecular weight is 326 g/mol. The number of nitro benzene ring substituents is 1. The molecule has 0 amide bonds. The van der Waals surface area contributed by atoms with Crippen molar-refractivity contribution < 1.29 is 18.1 Å². The number of nitro groups is 1. The van der Waals surface area contributed by atoms with Crippen LogP contribution in [0.3, 0.4) is 0 Å². The summed E-state index contributed by atoms with van der Waals surface area (Å²) in [6, 6.07) is 10.5. The first-order chi connectivity index (χ1) is 9.85. The minimum absolute atomic E-state index is 0.154. The molecular formula is C13H8ClNO5S. The molecule has 0 spiro atoms. The Morgan fingerprint density at radius 1 is 1.05 bits per heavy atom. The fourth-order valence-corrected chi connectivity index (χ4v) is 3.66. The monoisotopic (exact) mass is 325 g/mol. The summed E-state index contributed by atoms with van der Waals surface area (Å²) in [6.45, 7) is 0. The fourth-order valence-electron chi connectivity index (χ4n) is 1.82. The van der Waals surface area contributed by atoms with Crippen molar-refractivity contribution in [3.05, 3.63) is 64.2 Å². The molecule has 0 aliphatic carbocycles. The molecule has 0 saturated heterocycles. The lowest BCUT2D eigenvalue weighted by atomic mass is 10.2. The third-order valence-corrected chi connectivity index (χ3v) is 4.79. The largest absolute Gasteiger partial charge is 0.289 e. The van der Waals surface area contributed by atoms with Crippen LogP contribution < -0.4 is 0 Å². The Morgan fingerprint density at radius 2 is 1.67 bits per heavy atom. The SMILES string of the molecule is O=C(Cl)c1cccc([N+](=O)[O-])c1S(=O)(=O)c1ccccc1. The van der Waals surface area contributed by atoms with E-state index in [0.717, 1.165) is 12.1 Å². The van der Waals surface area contributed by atoms with E-state index in [2.05, 4.69) is 0 Å². The molecule has 0 fully saturated rings. The zero-order valence-electron chi connectivity index (χ0n) is 10.4. The van der Waals surface area contributed by atoms with Gasteiger partial charge in [0.2, 0.25) is 9.84 Å². The van der Waals surface area contributed by atoms with Crippen molar-refractivity contribution in [1.29, 1.82) is 0 Å². The first-order valence-electron chi connectivity index (χ1n) is 5.63. The van der Waals surface area contributed by atoms with Crippen molar-refractivity contribution in [3.8, 4) is 0 Å². The molecule has 0 atom stereocenters. The predicted octanol–water partition coefficient (Wildman–Crippen LogP) is 2.81. The smallest absolute Gasteiger partial charge is 0.276 e. The van der Waals surface area contributed by atoms with Gasteiger partial charge in [-0.25, -0.2) is 8.42 Å². The van der Waals surface area contributed by atoms with Crippen molar-refractivity contribution in [2.45, 2.75) is 9.79 Å². The maximum atomic E-state index is 12.6. The Balaban J connectivity index is 2.85. The minimum Gasteiger partial charge on any atom is -0.276 e. The lowest BCUT2D eigenvalue weighted by molar-refractivity contribution is -0.387. The molecule has 0 saturated carbocycles. The number of hydrogen-bond acceptors (Lipinski definition) is 5. The first kappa shape index (κ1) is 15.1. The van der Waals surface area contributed by atoms with Gasteiger partial charge in [0.25, 0.3) is 10.9 Å². The van der Waals surface area contributed by atoms with E-state index in [0.29, 0.717) is 0 Å². The molecule has 6 nitrogen and oxygen atoms in total. The second-order valence-corrected chi connectivity index (χ2v) is 6.23. The minimum atomic E-state index is -4.24. The Kier molecular flexibility index (Phi) is 4.06. The van der Waals surface area contributed by atoms with Crippen LogP contribution in [0.4, 0.5) is 5.69 Å². The molecule has 0 radical (unpaired) electrons. The van der Waals surface area contributed by atoms with Gasteiger partial charge in [0.05, 0.1) is 15.4 Å². The van der Waals surface area contributed by atoms with Crippen molar-refractivity contribution in [2.75, 3.05) is 0 Å². The average Bonchev–Trinajstić information content (AvgIpc) is 2.47. The zero-order valence-corrected chi connectivity index (χ0v) is 12.0. The fraction of sp³-hybridized carbons (Fsp3) is 0. The highest BCUT2D eigenvalue weighted by Gasteiger charge is 2.32. The number of benzene rings is 2. The summed E-state index contributed by atoms with van der Waals surface area (Å²) in [6.07, 6.45) is 0. The molecule has 0 bridgehead atoms. The van der Waals surface area contributed by atoms with E-state index in [4.69, 9.17) is 11.6 Å².